The van der Waals surface area contributed by atoms with Gasteiger partial charge in [-0.05, 0) is 13.8 Å². The number of benzene rings is 4. The number of nitrogens with zero attached hydrogens (tertiary/aromatic N) is 3. The van der Waals surface area contributed by atoms with Gasteiger partial charge in [0, 0.05) is 21.7 Å². The molecule has 0 radical (unpaired) electrons. The van der Waals surface area contributed by atoms with Crippen LogP contribution in [0.4, 0.5) is 0 Å². The number of rotatable bonds is 5. The van der Waals surface area contributed by atoms with Crippen LogP contribution in [0.1, 0.15) is 11.1 Å². The lowest BCUT2D eigenvalue weighted by Gasteiger charge is -2.19. The first-order valence-corrected chi connectivity index (χ1v) is 12.9. The molecule has 0 fully saturated rings. The topological polar surface area (TPSA) is 55.7 Å². The fourth-order valence-electron chi connectivity index (χ4n) is 3.82. The normalized spacial score (nSPS) is 11.4. The Bertz CT molecular complexity index is 1360. The van der Waals surface area contributed by atoms with Gasteiger partial charge in [0.15, 0.2) is 11.6 Å². The van der Waals surface area contributed by atoms with Crippen LogP contribution in [0.5, 0.6) is 0 Å². The average Bonchev–Trinajstić information content (AvgIpc) is 2.90. The van der Waals surface area contributed by atoms with E-state index in [1.54, 1.807) is 0 Å². The van der Waals surface area contributed by atoms with E-state index in [1.165, 1.54) is 0 Å². The molecule has 166 valence electrons. The predicted molar refractivity (Wildman–Crippen MR) is 140 cm³/mol. The number of aryl methyl sites for hydroxylation is 2. The summed E-state index contributed by atoms with van der Waals surface area (Å²) in [6.07, 6.45) is 0. The van der Waals surface area contributed by atoms with Crippen LogP contribution < -0.4 is 16.2 Å². The number of aromatic nitrogens is 3. The molecule has 34 heavy (non-hydrogen) atoms. The van der Waals surface area contributed by atoms with Gasteiger partial charge in [0.2, 0.25) is 12.7 Å². The Balaban J connectivity index is 1.80. The summed E-state index contributed by atoms with van der Waals surface area (Å²) < 4.78 is 14.9. The molecule has 0 atom stereocenters. The highest BCUT2D eigenvalue weighted by atomic mass is 31.2. The quantitative estimate of drug-likeness (QED) is 0.326. The van der Waals surface area contributed by atoms with Crippen LogP contribution in [0.2, 0.25) is 0 Å². The SMILES string of the molecule is Cc1ccc(-c2nc(-c3ccc(C)cc3)nc(P(=O)(c3ccccc3)c3ccccc3)n2)cc1. The zero-order valence-corrected chi connectivity index (χ0v) is 20.0. The molecule has 0 saturated heterocycles. The van der Waals surface area contributed by atoms with Crippen molar-refractivity contribution in [1.29, 1.82) is 0 Å². The van der Waals surface area contributed by atoms with Crippen molar-refractivity contribution >= 4 is 23.3 Å². The lowest BCUT2D eigenvalue weighted by Crippen LogP contribution is -2.30. The largest absolute Gasteiger partial charge is 0.305 e. The summed E-state index contributed by atoms with van der Waals surface area (Å²) in [6.45, 7) is 4.08. The van der Waals surface area contributed by atoms with Gasteiger partial charge in [-0.15, -0.1) is 0 Å². The maximum absolute atomic E-state index is 14.9. The second-order valence-electron chi connectivity index (χ2n) is 8.30. The molecule has 0 bridgehead atoms. The molecular weight excluding hydrogens is 437 g/mol. The molecule has 0 aliphatic rings. The standard InChI is InChI=1S/C29H24N3OP/c1-21-13-17-23(18-14-21)27-30-28(24-19-15-22(2)16-20-24)32-29(31-27)34(33,25-9-5-3-6-10-25)26-11-7-4-8-12-26/h3-20H,1-2H3. The molecule has 5 rings (SSSR count). The molecule has 4 aromatic carbocycles. The van der Waals surface area contributed by atoms with Gasteiger partial charge >= 0.3 is 0 Å². The first kappa shape index (κ1) is 21.9. The lowest BCUT2D eigenvalue weighted by molar-refractivity contribution is 0.591. The van der Waals surface area contributed by atoms with Crippen molar-refractivity contribution in [2.45, 2.75) is 13.8 Å². The van der Waals surface area contributed by atoms with E-state index in [0.717, 1.165) is 22.3 Å². The lowest BCUT2D eigenvalue weighted by atomic mass is 10.1. The van der Waals surface area contributed by atoms with Gasteiger partial charge in [0.1, 0.15) is 0 Å². The highest BCUT2D eigenvalue weighted by Gasteiger charge is 2.34. The Labute approximate surface area is 199 Å². The summed E-state index contributed by atoms with van der Waals surface area (Å²) in [5, 5.41) is 1.38. The van der Waals surface area contributed by atoms with Crippen LogP contribution in [-0.4, -0.2) is 15.0 Å². The molecule has 0 amide bonds. The summed E-state index contributed by atoms with van der Waals surface area (Å²) in [6, 6.07) is 35.0. The summed E-state index contributed by atoms with van der Waals surface area (Å²) >= 11 is 0. The van der Waals surface area contributed by atoms with Crippen molar-refractivity contribution in [3.8, 4) is 22.8 Å². The van der Waals surface area contributed by atoms with E-state index in [0.29, 0.717) is 22.3 Å². The molecular formula is C29H24N3OP. The van der Waals surface area contributed by atoms with Gasteiger partial charge in [0.05, 0.1) is 0 Å². The molecule has 0 saturated carbocycles. The van der Waals surface area contributed by atoms with E-state index in [-0.39, 0.29) is 5.57 Å². The van der Waals surface area contributed by atoms with E-state index in [2.05, 4.69) is 0 Å². The molecule has 5 heteroatoms. The van der Waals surface area contributed by atoms with E-state index in [1.807, 2.05) is 123 Å². The summed E-state index contributed by atoms with van der Waals surface area (Å²) in [4.78, 5) is 14.4. The Hall–Kier alpha value is -3.88. The van der Waals surface area contributed by atoms with Gasteiger partial charge in [-0.3, -0.25) is 0 Å². The number of hydrogen-bond acceptors (Lipinski definition) is 4. The molecule has 1 heterocycles. The third-order valence-electron chi connectivity index (χ3n) is 5.76. The van der Waals surface area contributed by atoms with Crippen LogP contribution >= 0.6 is 7.14 Å². The molecule has 0 unspecified atom stereocenters. The molecule has 0 spiro atoms. The predicted octanol–water partition coefficient (Wildman–Crippen LogP) is 5.46. The zero-order chi connectivity index (χ0) is 23.5. The number of hydrogen-bond donors (Lipinski definition) is 0. The Morgan fingerprint density at radius 2 is 0.882 bits per heavy atom. The van der Waals surface area contributed by atoms with Crippen molar-refractivity contribution in [3.05, 3.63) is 120 Å². The van der Waals surface area contributed by atoms with Gasteiger partial charge < -0.3 is 4.57 Å². The maximum atomic E-state index is 14.9. The van der Waals surface area contributed by atoms with Crippen molar-refractivity contribution in [3.63, 3.8) is 0 Å². The molecule has 4 nitrogen and oxygen atoms in total. The minimum Gasteiger partial charge on any atom is -0.305 e. The van der Waals surface area contributed by atoms with E-state index < -0.39 is 7.14 Å². The Morgan fingerprint density at radius 3 is 1.26 bits per heavy atom. The van der Waals surface area contributed by atoms with Crippen molar-refractivity contribution in [1.82, 2.24) is 15.0 Å². The minimum absolute atomic E-state index is 0.283. The third-order valence-corrected chi connectivity index (χ3v) is 8.58. The molecule has 1 aromatic heterocycles. The first-order chi connectivity index (χ1) is 16.5. The third kappa shape index (κ3) is 4.21. The van der Waals surface area contributed by atoms with Crippen LogP contribution in [0.3, 0.4) is 0 Å². The second-order valence-corrected chi connectivity index (χ2v) is 10.9. The van der Waals surface area contributed by atoms with Gasteiger partial charge in [-0.1, -0.05) is 120 Å². The fourth-order valence-corrected chi connectivity index (χ4v) is 6.24. The highest BCUT2D eigenvalue weighted by Crippen LogP contribution is 2.41. The first-order valence-electron chi connectivity index (χ1n) is 11.2. The van der Waals surface area contributed by atoms with Crippen molar-refractivity contribution in [2.75, 3.05) is 0 Å². The van der Waals surface area contributed by atoms with Crippen molar-refractivity contribution in [2.24, 2.45) is 0 Å². The average molecular weight is 462 g/mol. The van der Waals surface area contributed by atoms with Crippen molar-refractivity contribution < 1.29 is 4.57 Å². The summed E-state index contributed by atoms with van der Waals surface area (Å²) in [5.74, 6) is 1.01. The molecule has 0 N–H and O–H groups in total. The van der Waals surface area contributed by atoms with Gasteiger partial charge in [-0.2, -0.15) is 0 Å². The van der Waals surface area contributed by atoms with Gasteiger partial charge in [-0.25, -0.2) is 15.0 Å². The summed E-state index contributed by atoms with van der Waals surface area (Å²) in [5.41, 5.74) is 4.30. The Kier molecular flexibility index (Phi) is 5.91. The zero-order valence-electron chi connectivity index (χ0n) is 19.1. The Morgan fingerprint density at radius 1 is 0.500 bits per heavy atom. The van der Waals surface area contributed by atoms with E-state index in [4.69, 9.17) is 15.0 Å². The van der Waals surface area contributed by atoms with Crippen LogP contribution in [0.25, 0.3) is 22.8 Å². The summed E-state index contributed by atoms with van der Waals surface area (Å²) in [7, 11) is -3.35. The fraction of sp³-hybridized carbons (Fsp3) is 0.0690. The van der Waals surface area contributed by atoms with E-state index in [9.17, 15) is 4.57 Å². The van der Waals surface area contributed by atoms with Crippen LogP contribution in [-0.2, 0) is 4.57 Å². The van der Waals surface area contributed by atoms with Crippen LogP contribution in [0.15, 0.2) is 109 Å². The van der Waals surface area contributed by atoms with Gasteiger partial charge in [0.25, 0.3) is 0 Å². The van der Waals surface area contributed by atoms with Crippen LogP contribution in [0, 0.1) is 13.8 Å². The molecule has 0 aliphatic carbocycles. The second kappa shape index (κ2) is 9.17. The minimum atomic E-state index is -3.35. The smallest absolute Gasteiger partial charge is 0.206 e. The maximum Gasteiger partial charge on any atom is 0.206 e. The monoisotopic (exact) mass is 461 g/mol. The molecule has 5 aromatic rings. The molecule has 0 aliphatic heterocycles. The highest BCUT2D eigenvalue weighted by molar-refractivity contribution is 7.84. The van der Waals surface area contributed by atoms with E-state index >= 15 is 0 Å².